The summed E-state index contributed by atoms with van der Waals surface area (Å²) >= 11 is 1.37. The molecule has 2 aliphatic heterocycles. The third-order valence-electron chi connectivity index (χ3n) is 13.3. The van der Waals surface area contributed by atoms with E-state index in [-0.39, 0.29) is 87.9 Å². The highest BCUT2D eigenvalue weighted by Gasteiger charge is 2.65. The number of nitrogens with zero attached hydrogens (tertiary/aromatic N) is 3. The first kappa shape index (κ1) is 118. The number of carbonyl (C=O) groups excluding carboxylic acids is 7. The van der Waals surface area contributed by atoms with Crippen LogP contribution in [0.1, 0.15) is 303 Å². The molecule has 0 aliphatic carbocycles. The van der Waals surface area contributed by atoms with Gasteiger partial charge in [-0.25, -0.2) is 5.84 Å². The van der Waals surface area contributed by atoms with Crippen LogP contribution in [0, 0.1) is 62.6 Å². The second-order valence-electron chi connectivity index (χ2n) is 38.2. The van der Waals surface area contributed by atoms with E-state index in [1.165, 1.54) is 59.2 Å². The number of halogens is 3. The summed E-state index contributed by atoms with van der Waals surface area (Å²) < 4.78 is 48.2. The molecule has 4 rings (SSSR count). The number of allylic oxidation sites excluding steroid dienone is 1. The number of nitrogens with two attached hydrogens (primary N) is 1. The van der Waals surface area contributed by atoms with Crippen molar-refractivity contribution in [1.82, 2.24) is 10.3 Å². The summed E-state index contributed by atoms with van der Waals surface area (Å²) in [6.45, 7) is 77.7. The van der Waals surface area contributed by atoms with Gasteiger partial charge < -0.3 is 9.47 Å². The van der Waals surface area contributed by atoms with Crippen LogP contribution in [0.3, 0.4) is 0 Å². The molecule has 2 aromatic carbocycles. The summed E-state index contributed by atoms with van der Waals surface area (Å²) in [7, 11) is 10.3. The number of hydrogen-bond acceptors (Lipinski definition) is 17. The minimum Gasteiger partial charge on any atom is -0.501 e. The van der Waals surface area contributed by atoms with Crippen LogP contribution < -0.4 is 11.3 Å². The van der Waals surface area contributed by atoms with Crippen molar-refractivity contribution in [2.24, 2.45) is 59.4 Å². The van der Waals surface area contributed by atoms with Crippen LogP contribution in [0.4, 0.5) is 13.2 Å². The average Bonchev–Trinajstić information content (AvgIpc) is 1.58. The Morgan fingerprint density at radius 2 is 1.03 bits per heavy atom. The lowest BCUT2D eigenvalue weighted by Gasteiger charge is -2.20. The van der Waals surface area contributed by atoms with Gasteiger partial charge in [0, 0.05) is 88.4 Å². The second-order valence-corrected chi connectivity index (χ2v) is 46.1. The number of carbonyl (C=O) groups is 7. The standard InChI is InChI=1S/C13H15F3N2.C11H17NO2.C11H16.C9H18OS2.C8H16O.C7H14O.C6H12O2.C6H12OS.C6H10.C5H12N2O.C5H12S2/c1-11(2,3)8-9-4-6-10(7-5-9)12(17-18-12)13(14,15)16;1-11(2,3)7-4-8-12-9(13)5-6-10(12)14;1-9-5-7-10(8-6-9)11(2,3)4;1-9(2,3)7-8(10)5-6-12-11-4;1-5-7(9)6-8(2,3)4;1-6(8-5)7(2,3)4;1-6(2,3)5(7)8-4;1-5(7)8-6(2,3)4;1-5-6(2,3)4;1-5(2,3)4(8)7-6;1-5(2,3)7-6-4/h4-7H,8H2,1-3H3;5-6H,4,7-8H2,1-3H3;5-8H,1-4H3;5-7H2,1-4H3;5-6H2,1-4H3;1H2,2-5H3;2*1-4H3;1H,2-4H3;6H2,1-3H3,(H,7,8);1-4H3. The molecular weight excluding hydrogens is 1480 g/mol. The number of alkyl halides is 3. The first-order valence-electron chi connectivity index (χ1n) is 37.1. The maximum absolute atomic E-state index is 12.8. The molecule has 0 saturated heterocycles. The van der Waals surface area contributed by atoms with Gasteiger partial charge in [-0.15, -0.1) is 22.6 Å². The van der Waals surface area contributed by atoms with Gasteiger partial charge in [-0.1, -0.05) is 309 Å². The van der Waals surface area contributed by atoms with E-state index in [1.54, 1.807) is 68.5 Å². The summed E-state index contributed by atoms with van der Waals surface area (Å²) in [6, 6.07) is 15.1. The molecule has 22 heteroatoms. The number of ketones is 2. The van der Waals surface area contributed by atoms with E-state index >= 15 is 0 Å². The molecule has 0 saturated carbocycles. The maximum atomic E-state index is 12.8. The summed E-state index contributed by atoms with van der Waals surface area (Å²) in [5.74, 6) is 9.34. The van der Waals surface area contributed by atoms with Gasteiger partial charge >= 0.3 is 17.8 Å². The van der Waals surface area contributed by atoms with Gasteiger partial charge in [-0.2, -0.15) is 13.2 Å². The predicted molar refractivity (Wildman–Crippen MR) is 472 cm³/mol. The number of rotatable bonds is 14. The number of hydrazine groups is 1. The molecule has 0 unspecified atom stereocenters. The minimum absolute atomic E-state index is 0.0694. The lowest BCUT2D eigenvalue weighted by atomic mass is 9.87. The minimum atomic E-state index is -4.45. The lowest BCUT2D eigenvalue weighted by molar-refractivity contribution is -0.166. The smallest absolute Gasteiger partial charge is 0.442 e. The molecule has 0 aromatic heterocycles. The van der Waals surface area contributed by atoms with Crippen molar-refractivity contribution in [3.8, 4) is 12.3 Å². The first-order valence-corrected chi connectivity index (χ1v) is 43.2. The quantitative estimate of drug-likeness (QED) is 0.0208. The van der Waals surface area contributed by atoms with Gasteiger partial charge in [0.25, 0.3) is 11.8 Å². The fourth-order valence-corrected chi connectivity index (χ4v) is 11.6. The van der Waals surface area contributed by atoms with E-state index in [2.05, 4.69) is 216 Å². The van der Waals surface area contributed by atoms with Crippen molar-refractivity contribution >= 4 is 95.3 Å². The number of benzene rings is 2. The Labute approximate surface area is 684 Å². The summed E-state index contributed by atoms with van der Waals surface area (Å²) in [5.41, 5.74) is 4.04. The number of amides is 3. The Bertz CT molecular complexity index is 2960. The zero-order valence-electron chi connectivity index (χ0n) is 75.7. The number of thioether (sulfide) groups is 1. The summed E-state index contributed by atoms with van der Waals surface area (Å²) in [6.07, 6.45) is 13.0. The molecule has 2 aliphatic rings. The molecule has 0 fully saturated rings. The number of aryl methyl sites for hydroxylation is 1. The Morgan fingerprint density at radius 3 is 1.23 bits per heavy atom. The van der Waals surface area contributed by atoms with E-state index in [0.29, 0.717) is 42.1 Å². The van der Waals surface area contributed by atoms with Crippen molar-refractivity contribution < 1.29 is 56.2 Å². The highest BCUT2D eigenvalue weighted by molar-refractivity contribution is 8.77. The van der Waals surface area contributed by atoms with Crippen LogP contribution in [-0.4, -0.2) is 100.0 Å². The van der Waals surface area contributed by atoms with Gasteiger partial charge in [0.1, 0.15) is 11.6 Å². The normalized spacial score (nSPS) is 13.1. The fourth-order valence-electron chi connectivity index (χ4n) is 7.53. The lowest BCUT2D eigenvalue weighted by Crippen LogP contribution is -2.39. The third-order valence-corrected chi connectivity index (χ3v) is 18.6. The maximum Gasteiger partial charge on any atom is 0.442 e. The van der Waals surface area contributed by atoms with E-state index < -0.39 is 11.8 Å². The number of Topliss-reactive ketones (excluding diaryl/α,β-unsaturated/α-hetero) is 2. The molecular formula is C87H154F3N5O9S5. The molecule has 0 spiro atoms. The van der Waals surface area contributed by atoms with Crippen molar-refractivity contribution in [2.45, 2.75) is 321 Å². The zero-order chi connectivity index (χ0) is 88.2. The van der Waals surface area contributed by atoms with Gasteiger partial charge in [0.2, 0.25) is 5.91 Å². The van der Waals surface area contributed by atoms with Crippen LogP contribution in [-0.2, 0) is 60.5 Å². The Morgan fingerprint density at radius 1 is 0.606 bits per heavy atom. The Hall–Kier alpha value is -4.53. The highest BCUT2D eigenvalue weighted by atomic mass is 33.1. The van der Waals surface area contributed by atoms with Gasteiger partial charge in [-0.3, -0.25) is 43.9 Å². The van der Waals surface area contributed by atoms with E-state index in [9.17, 15) is 46.7 Å². The molecule has 3 amide bonds. The highest BCUT2D eigenvalue weighted by Crippen LogP contribution is 2.52. The van der Waals surface area contributed by atoms with Gasteiger partial charge in [0.05, 0.1) is 25.4 Å². The van der Waals surface area contributed by atoms with Crippen molar-refractivity contribution in [1.29, 1.82) is 0 Å². The van der Waals surface area contributed by atoms with Crippen LogP contribution in [0.15, 0.2) is 83.2 Å². The average molecular weight is 1630 g/mol. The number of nitrogens with one attached hydrogen (secondary N) is 1. The SMILES string of the molecule is C#CC(C)(C)C.C=C(OC)C(C)(C)C.CC(=O)SC(C)(C)C.CC(C)(C)C(=O)NN.CC(C)(C)CCCN1C(=O)C=CC1=O.CC(C)(C)Cc1ccc(C2(C(F)(F)F)N=N2)cc1.CCC(=O)CC(C)(C)C.COC(=O)C(C)(C)C.CSSC(C)(C)C.CSSCCC(=O)CC(C)(C)C.Cc1ccc(C(C)(C)C)cc1. The largest absolute Gasteiger partial charge is 0.501 e. The molecule has 3 N–H and O–H groups in total. The monoisotopic (exact) mass is 1630 g/mol. The Kier molecular flexibility index (Phi) is 57.8. The topological polar surface area (TPSA) is 204 Å². The number of imide groups is 1. The number of hydrogen-bond donors (Lipinski definition) is 2. The molecule has 632 valence electrons. The summed E-state index contributed by atoms with van der Waals surface area (Å²) in [4.78, 5) is 77.4. The van der Waals surface area contributed by atoms with Crippen LogP contribution in [0.5, 0.6) is 0 Å². The molecule has 0 atom stereocenters. The molecule has 2 heterocycles. The van der Waals surface area contributed by atoms with Gasteiger partial charge in [0.15, 0.2) is 5.12 Å². The molecule has 109 heavy (non-hydrogen) atoms. The van der Waals surface area contributed by atoms with Crippen LogP contribution >= 0.6 is 54.9 Å². The van der Waals surface area contributed by atoms with E-state index in [4.69, 9.17) is 17.0 Å². The Balaban J connectivity index is -0.000000213. The van der Waals surface area contributed by atoms with Crippen molar-refractivity contribution in [3.05, 3.63) is 95.3 Å². The van der Waals surface area contributed by atoms with Gasteiger partial charge in [-0.05, 0) is 118 Å². The zero-order valence-corrected chi connectivity index (χ0v) is 79.8. The predicted octanol–water partition coefficient (Wildman–Crippen LogP) is 25.2. The molecule has 2 aromatic rings. The van der Waals surface area contributed by atoms with Crippen molar-refractivity contribution in [3.63, 3.8) is 0 Å². The molecule has 0 radical (unpaired) electrons. The summed E-state index contributed by atoms with van der Waals surface area (Å²) in [5, 5.41) is 6.55. The number of terminal acetylenes is 1. The first-order chi connectivity index (χ1) is 48.4. The number of methoxy groups -OCH3 is 2. The molecule has 0 bridgehead atoms. The number of esters is 1. The number of ether oxygens (including phenoxy) is 2. The van der Waals surface area contributed by atoms with Crippen molar-refractivity contribution in [2.75, 3.05) is 39.0 Å². The molecule has 14 nitrogen and oxygen atoms in total. The van der Waals surface area contributed by atoms with E-state index in [1.807, 2.05) is 97.1 Å². The van der Waals surface area contributed by atoms with E-state index in [0.717, 1.165) is 42.8 Å². The van der Waals surface area contributed by atoms with Crippen LogP contribution in [0.2, 0.25) is 0 Å². The third kappa shape index (κ3) is 74.6. The second kappa shape index (κ2) is 53.5. The fraction of sp³-hybridized carbons (Fsp3) is 0.713. The van der Waals surface area contributed by atoms with Crippen LogP contribution in [0.25, 0.3) is 0 Å².